The third kappa shape index (κ3) is 4.15. The highest BCUT2D eigenvalue weighted by Crippen LogP contribution is 2.30. The van der Waals surface area contributed by atoms with Gasteiger partial charge in [0.1, 0.15) is 12.8 Å². The lowest BCUT2D eigenvalue weighted by molar-refractivity contribution is 0.122. The second kappa shape index (κ2) is 8.05. The molecule has 2 aliphatic rings. The maximum absolute atomic E-state index is 12.5. The van der Waals surface area contributed by atoms with E-state index in [0.29, 0.717) is 0 Å². The summed E-state index contributed by atoms with van der Waals surface area (Å²) in [4.78, 5) is 6.79. The Morgan fingerprint density at radius 3 is 2.14 bits per heavy atom. The van der Waals surface area contributed by atoms with Gasteiger partial charge >= 0.3 is 0 Å². The van der Waals surface area contributed by atoms with Crippen LogP contribution in [0.1, 0.15) is 0 Å². The number of rotatable bonds is 6. The van der Waals surface area contributed by atoms with E-state index in [-0.39, 0.29) is 6.54 Å². The molecule has 0 spiro atoms. The van der Waals surface area contributed by atoms with Gasteiger partial charge in [-0.05, 0) is 35.4 Å². The van der Waals surface area contributed by atoms with E-state index in [0.717, 1.165) is 28.1 Å². The van der Waals surface area contributed by atoms with Gasteiger partial charge in [0.05, 0.1) is 17.9 Å². The second-order valence-electron chi connectivity index (χ2n) is 7.45. The quantitative estimate of drug-likeness (QED) is 0.519. The topological polar surface area (TPSA) is 41.3 Å². The predicted molar refractivity (Wildman–Crippen MR) is 116 cm³/mol. The van der Waals surface area contributed by atoms with Crippen molar-refractivity contribution in [3.8, 4) is 33.6 Å². The molecule has 1 atom stereocenters. The summed E-state index contributed by atoms with van der Waals surface area (Å²) in [5.74, 6) is 0. The smallest absolute Gasteiger partial charge is 0.117 e. The summed E-state index contributed by atoms with van der Waals surface area (Å²) >= 11 is 0. The molecule has 148 valence electrons. The van der Waals surface area contributed by atoms with Crippen LogP contribution in [0.5, 0.6) is 0 Å². The van der Waals surface area contributed by atoms with E-state index in [1.54, 1.807) is 4.57 Å². The molecule has 4 nitrogen and oxygen atoms in total. The van der Waals surface area contributed by atoms with E-state index in [2.05, 4.69) is 53.4 Å². The maximum atomic E-state index is 12.5. The molecule has 0 aliphatic carbocycles. The van der Waals surface area contributed by atoms with Gasteiger partial charge in [-0.2, -0.15) is 0 Å². The van der Waals surface area contributed by atoms with Crippen LogP contribution in [0.25, 0.3) is 33.6 Å². The van der Waals surface area contributed by atoms with Gasteiger partial charge in [-0.15, -0.1) is 0 Å². The number of pyridine rings is 1. The standard InChI is InChI=1S/C24H24FN3O/c1-27(2)21-9-7-18(8-10-21)17-3-5-19(6-4-17)23-13-20-11-12-28(15-22(29)14-25)16-24(20)26-23/h3-13,16,22,29H,14-15H2,1-2H3. The molecule has 2 heterocycles. The molecule has 2 aliphatic heterocycles. The van der Waals surface area contributed by atoms with Crippen molar-refractivity contribution in [1.82, 2.24) is 9.55 Å². The van der Waals surface area contributed by atoms with Gasteiger partial charge in [0.2, 0.25) is 0 Å². The molecule has 5 heteroatoms. The van der Waals surface area contributed by atoms with Gasteiger partial charge in [-0.25, -0.2) is 9.37 Å². The van der Waals surface area contributed by atoms with Gasteiger partial charge in [0, 0.05) is 43.3 Å². The molecule has 0 fully saturated rings. The number of nitrogens with zero attached hydrogens (tertiary/aromatic N) is 3. The highest BCUT2D eigenvalue weighted by Gasteiger charge is 2.12. The SMILES string of the molecule is CN(C)c1ccc(-c2ccc(-c3cc4ccn(CC(O)CF)cc-4n3)cc2)cc1. The summed E-state index contributed by atoms with van der Waals surface area (Å²) in [7, 11) is 4.07. The Labute approximate surface area is 170 Å². The first kappa shape index (κ1) is 19.2. The number of aromatic nitrogens is 2. The molecule has 2 aromatic carbocycles. The zero-order valence-corrected chi connectivity index (χ0v) is 16.6. The van der Waals surface area contributed by atoms with E-state index < -0.39 is 12.8 Å². The summed E-state index contributed by atoms with van der Waals surface area (Å²) in [6.45, 7) is -0.537. The average molecular weight is 389 g/mol. The van der Waals surface area contributed by atoms with E-state index in [9.17, 15) is 9.50 Å². The maximum Gasteiger partial charge on any atom is 0.117 e. The fourth-order valence-corrected chi connectivity index (χ4v) is 3.40. The first-order valence-electron chi connectivity index (χ1n) is 9.62. The van der Waals surface area contributed by atoms with Gasteiger partial charge < -0.3 is 14.6 Å². The number of aliphatic hydroxyl groups excluding tert-OH is 1. The number of aliphatic hydroxyl groups is 1. The molecule has 0 saturated heterocycles. The van der Waals surface area contributed by atoms with Crippen molar-refractivity contribution >= 4 is 5.69 Å². The van der Waals surface area contributed by atoms with E-state index in [1.165, 1.54) is 11.3 Å². The van der Waals surface area contributed by atoms with Crippen LogP contribution >= 0.6 is 0 Å². The number of hydrogen-bond acceptors (Lipinski definition) is 3. The Balaban J connectivity index is 1.57. The zero-order chi connectivity index (χ0) is 20.4. The minimum atomic E-state index is -0.994. The van der Waals surface area contributed by atoms with Crippen LogP contribution in [0.2, 0.25) is 0 Å². The molecule has 1 N–H and O–H groups in total. The van der Waals surface area contributed by atoms with E-state index >= 15 is 0 Å². The molecule has 0 saturated carbocycles. The summed E-state index contributed by atoms with van der Waals surface area (Å²) in [6, 6.07) is 20.9. The first-order valence-corrected chi connectivity index (χ1v) is 9.62. The molecular weight excluding hydrogens is 365 g/mol. The Bertz CT molecular complexity index is 1050. The average Bonchev–Trinajstić information content (AvgIpc) is 3.17. The van der Waals surface area contributed by atoms with Crippen LogP contribution < -0.4 is 4.90 Å². The molecule has 2 aromatic rings. The number of halogens is 1. The number of fused-ring (bicyclic) bond motifs is 1. The monoisotopic (exact) mass is 389 g/mol. The van der Waals surface area contributed by atoms with Crippen LogP contribution in [0.15, 0.2) is 73.1 Å². The van der Waals surface area contributed by atoms with Crippen molar-refractivity contribution in [3.63, 3.8) is 0 Å². The summed E-state index contributed by atoms with van der Waals surface area (Å²) in [6.07, 6.45) is 2.69. The number of hydrogen-bond donors (Lipinski definition) is 1. The van der Waals surface area contributed by atoms with Crippen molar-refractivity contribution in [2.75, 3.05) is 25.7 Å². The normalized spacial score (nSPS) is 12.3. The Hall–Kier alpha value is -3.18. The number of benzene rings is 2. The summed E-state index contributed by atoms with van der Waals surface area (Å²) in [5.41, 5.74) is 7.31. The van der Waals surface area contributed by atoms with E-state index in [1.807, 2.05) is 38.6 Å². The summed E-state index contributed by atoms with van der Waals surface area (Å²) < 4.78 is 14.3. The van der Waals surface area contributed by atoms with Crippen molar-refractivity contribution in [1.29, 1.82) is 0 Å². The minimum Gasteiger partial charge on any atom is -0.389 e. The highest BCUT2D eigenvalue weighted by atomic mass is 19.1. The third-order valence-corrected chi connectivity index (χ3v) is 5.06. The number of anilines is 1. The van der Waals surface area contributed by atoms with E-state index in [4.69, 9.17) is 4.98 Å². The zero-order valence-electron chi connectivity index (χ0n) is 16.6. The Morgan fingerprint density at radius 2 is 1.52 bits per heavy atom. The second-order valence-corrected chi connectivity index (χ2v) is 7.45. The molecule has 4 rings (SSSR count). The first-order chi connectivity index (χ1) is 14.0. The van der Waals surface area contributed by atoms with Gasteiger partial charge in [-0.1, -0.05) is 36.4 Å². The van der Waals surface area contributed by atoms with Gasteiger partial charge in [0.15, 0.2) is 0 Å². The fraction of sp³-hybridized carbons (Fsp3) is 0.208. The lowest BCUT2D eigenvalue weighted by atomic mass is 10.0. The van der Waals surface area contributed by atoms with Crippen LogP contribution in [0.3, 0.4) is 0 Å². The lowest BCUT2D eigenvalue weighted by Crippen LogP contribution is -2.17. The predicted octanol–water partition coefficient (Wildman–Crippen LogP) is 4.72. The highest BCUT2D eigenvalue weighted by molar-refractivity contribution is 5.75. The molecule has 1 unspecified atom stereocenters. The minimum absolute atomic E-state index is 0.218. The number of alkyl halides is 1. The largest absolute Gasteiger partial charge is 0.389 e. The van der Waals surface area contributed by atoms with Crippen molar-refractivity contribution < 1.29 is 9.50 Å². The van der Waals surface area contributed by atoms with Crippen molar-refractivity contribution in [3.05, 3.63) is 73.1 Å². The lowest BCUT2D eigenvalue weighted by Gasteiger charge is -2.12. The third-order valence-electron chi connectivity index (χ3n) is 5.06. The summed E-state index contributed by atoms with van der Waals surface area (Å²) in [5, 5.41) is 9.51. The molecule has 0 amide bonds. The molecule has 29 heavy (non-hydrogen) atoms. The molecule has 0 bridgehead atoms. The van der Waals surface area contributed by atoms with Crippen LogP contribution in [0, 0.1) is 0 Å². The van der Waals surface area contributed by atoms with Crippen LogP contribution in [-0.4, -0.2) is 41.5 Å². The Kier molecular flexibility index (Phi) is 5.32. The fourth-order valence-electron chi connectivity index (χ4n) is 3.40. The molecule has 0 radical (unpaired) electrons. The van der Waals surface area contributed by atoms with Gasteiger partial charge in [0.25, 0.3) is 0 Å². The molecule has 0 aromatic heterocycles. The van der Waals surface area contributed by atoms with Crippen LogP contribution in [0.4, 0.5) is 10.1 Å². The Morgan fingerprint density at radius 1 is 0.897 bits per heavy atom. The van der Waals surface area contributed by atoms with Crippen molar-refractivity contribution in [2.24, 2.45) is 0 Å². The van der Waals surface area contributed by atoms with Crippen LogP contribution in [-0.2, 0) is 6.54 Å². The molecular formula is C24H24FN3O. The van der Waals surface area contributed by atoms with Crippen molar-refractivity contribution in [2.45, 2.75) is 12.6 Å². The van der Waals surface area contributed by atoms with Gasteiger partial charge in [-0.3, -0.25) is 0 Å².